The van der Waals surface area contributed by atoms with Crippen LogP contribution in [-0.2, 0) is 4.74 Å². The molecule has 4 nitrogen and oxygen atoms in total. The number of allylic oxidation sites excluding steroid dienone is 1. The molecule has 0 bridgehead atoms. The van der Waals surface area contributed by atoms with E-state index in [2.05, 4.69) is 52.6 Å². The molecule has 4 aliphatic carbocycles. The van der Waals surface area contributed by atoms with Gasteiger partial charge in [-0.05, 0) is 104 Å². The lowest BCUT2D eigenvalue weighted by Gasteiger charge is -2.58. The lowest BCUT2D eigenvalue weighted by molar-refractivity contribution is -0.0583. The van der Waals surface area contributed by atoms with Crippen LogP contribution in [-0.4, -0.2) is 21.7 Å². The van der Waals surface area contributed by atoms with E-state index >= 15 is 0 Å². The molecule has 0 saturated heterocycles. The molecule has 7 unspecified atom stereocenters. The molecule has 0 radical (unpaired) electrons. The summed E-state index contributed by atoms with van der Waals surface area (Å²) in [7, 11) is 0. The van der Waals surface area contributed by atoms with Crippen molar-refractivity contribution in [2.45, 2.75) is 118 Å². The van der Waals surface area contributed by atoms with Crippen LogP contribution in [0, 0.1) is 52.3 Å². The number of imidazole rings is 1. The first-order valence-electron chi connectivity index (χ1n) is 15.6. The van der Waals surface area contributed by atoms with E-state index < -0.39 is 0 Å². The third kappa shape index (κ3) is 4.84. The molecular weight excluding hydrogens is 456 g/mol. The average molecular weight is 509 g/mol. The van der Waals surface area contributed by atoms with Gasteiger partial charge in [-0.1, -0.05) is 66.0 Å². The Morgan fingerprint density at radius 2 is 1.92 bits per heavy atom. The van der Waals surface area contributed by atoms with Gasteiger partial charge in [0, 0.05) is 18.8 Å². The molecule has 4 aliphatic rings. The van der Waals surface area contributed by atoms with E-state index in [1.807, 2.05) is 0 Å². The second kappa shape index (κ2) is 10.5. The van der Waals surface area contributed by atoms with Crippen LogP contribution in [0.3, 0.4) is 0 Å². The van der Waals surface area contributed by atoms with Gasteiger partial charge in [0.05, 0.1) is 0 Å². The number of nitrogens with zero attached hydrogens (tertiary/aromatic N) is 2. The largest absolute Gasteiger partial charge is 0.445 e. The van der Waals surface area contributed by atoms with Gasteiger partial charge >= 0.3 is 6.09 Å². The zero-order valence-electron chi connectivity index (χ0n) is 24.4. The molecule has 1 aromatic rings. The van der Waals surface area contributed by atoms with Crippen LogP contribution in [0.2, 0.25) is 0 Å². The zero-order valence-corrected chi connectivity index (χ0v) is 24.4. The molecule has 3 fully saturated rings. The van der Waals surface area contributed by atoms with Crippen LogP contribution in [0.4, 0.5) is 4.79 Å². The van der Waals surface area contributed by atoms with Crippen molar-refractivity contribution < 1.29 is 9.53 Å². The zero-order chi connectivity index (χ0) is 26.4. The van der Waals surface area contributed by atoms with E-state index in [1.54, 1.807) is 18.0 Å². The SMILES string of the molecule is CC[C@H](CC[C@@H](C)C1CCC2C3CC=C4CC(OC(=O)n5ccnc5)CCC4(C)C3CCC21C)C(C)C. The topological polar surface area (TPSA) is 44.1 Å². The number of hydrogen-bond donors (Lipinski definition) is 0. The fourth-order valence-corrected chi connectivity index (χ4v) is 9.96. The quantitative estimate of drug-likeness (QED) is 0.345. The van der Waals surface area contributed by atoms with Crippen molar-refractivity contribution in [1.29, 1.82) is 0 Å². The summed E-state index contributed by atoms with van der Waals surface area (Å²) in [6.07, 6.45) is 21.2. The van der Waals surface area contributed by atoms with Crippen molar-refractivity contribution >= 4 is 6.09 Å². The summed E-state index contributed by atoms with van der Waals surface area (Å²) in [6, 6.07) is 0. The molecule has 37 heavy (non-hydrogen) atoms. The summed E-state index contributed by atoms with van der Waals surface area (Å²) in [6.45, 7) is 15.0. The van der Waals surface area contributed by atoms with Crippen molar-refractivity contribution in [3.8, 4) is 0 Å². The molecule has 0 amide bonds. The van der Waals surface area contributed by atoms with Gasteiger partial charge in [-0.2, -0.15) is 0 Å². The van der Waals surface area contributed by atoms with Gasteiger partial charge in [-0.25, -0.2) is 14.3 Å². The third-order valence-corrected chi connectivity index (χ3v) is 12.3. The molecule has 5 rings (SSSR count). The van der Waals surface area contributed by atoms with E-state index in [0.29, 0.717) is 5.41 Å². The minimum atomic E-state index is -0.293. The van der Waals surface area contributed by atoms with E-state index in [0.717, 1.165) is 60.7 Å². The van der Waals surface area contributed by atoms with Crippen molar-refractivity contribution in [2.24, 2.45) is 52.3 Å². The third-order valence-electron chi connectivity index (χ3n) is 12.3. The van der Waals surface area contributed by atoms with Crippen LogP contribution in [0.15, 0.2) is 30.4 Å². The van der Waals surface area contributed by atoms with E-state index in [9.17, 15) is 4.79 Å². The highest BCUT2D eigenvalue weighted by molar-refractivity contribution is 5.70. The van der Waals surface area contributed by atoms with Crippen molar-refractivity contribution in [1.82, 2.24) is 9.55 Å². The fraction of sp³-hybridized carbons (Fsp3) is 0.818. The minimum absolute atomic E-state index is 0.00544. The Kier molecular flexibility index (Phi) is 7.69. The number of ether oxygens (including phenoxy) is 1. The monoisotopic (exact) mass is 508 g/mol. The summed E-state index contributed by atoms with van der Waals surface area (Å²) >= 11 is 0. The first-order chi connectivity index (χ1) is 17.7. The van der Waals surface area contributed by atoms with Crippen molar-refractivity contribution in [3.05, 3.63) is 30.4 Å². The summed E-state index contributed by atoms with van der Waals surface area (Å²) < 4.78 is 7.35. The Morgan fingerprint density at radius 1 is 1.11 bits per heavy atom. The number of carbonyl (C=O) groups excluding carboxylic acids is 1. The summed E-state index contributed by atoms with van der Waals surface area (Å²) in [5.41, 5.74) is 2.39. The Bertz CT molecular complexity index is 967. The summed E-state index contributed by atoms with van der Waals surface area (Å²) in [5.74, 6) is 5.98. The lowest BCUT2D eigenvalue weighted by Crippen LogP contribution is -2.51. The average Bonchev–Trinajstić information content (AvgIpc) is 3.52. The molecule has 0 spiro atoms. The van der Waals surface area contributed by atoms with Crippen LogP contribution < -0.4 is 0 Å². The number of rotatable bonds is 7. The van der Waals surface area contributed by atoms with Gasteiger partial charge in [0.15, 0.2) is 0 Å². The predicted octanol–water partition coefficient (Wildman–Crippen LogP) is 8.91. The molecule has 0 aromatic carbocycles. The smallest absolute Gasteiger partial charge is 0.419 e. The standard InChI is InChI=1S/C33H52N2O2/c1-7-24(22(2)3)9-8-23(4)28-12-13-29-27-11-10-25-20-26(37-31(36)35-19-18-34-21-35)14-16-32(25,5)30(27)15-17-33(28,29)6/h10,18-19,21-24,26-30H,7-9,11-17,20H2,1-6H3/t23-,24-,26?,27?,28?,29?,30?,32?,33?/m1/s1. The van der Waals surface area contributed by atoms with Gasteiger partial charge in [0.1, 0.15) is 12.4 Å². The van der Waals surface area contributed by atoms with Gasteiger partial charge < -0.3 is 4.74 Å². The second-order valence-corrected chi connectivity index (χ2v) is 14.2. The maximum absolute atomic E-state index is 12.5. The molecule has 4 heteroatoms. The first-order valence-corrected chi connectivity index (χ1v) is 15.6. The fourth-order valence-electron chi connectivity index (χ4n) is 9.96. The molecule has 3 saturated carbocycles. The number of fused-ring (bicyclic) bond motifs is 5. The van der Waals surface area contributed by atoms with Gasteiger partial charge in [-0.3, -0.25) is 0 Å². The molecular formula is C33H52N2O2. The van der Waals surface area contributed by atoms with E-state index in [4.69, 9.17) is 4.74 Å². The minimum Gasteiger partial charge on any atom is -0.445 e. The van der Waals surface area contributed by atoms with Gasteiger partial charge in [-0.15, -0.1) is 0 Å². The summed E-state index contributed by atoms with van der Waals surface area (Å²) in [5, 5.41) is 0. The Hall–Kier alpha value is -1.58. The molecule has 9 atom stereocenters. The number of carbonyl (C=O) groups is 1. The van der Waals surface area contributed by atoms with Crippen LogP contribution in [0.5, 0.6) is 0 Å². The Morgan fingerprint density at radius 3 is 2.62 bits per heavy atom. The van der Waals surface area contributed by atoms with Crippen LogP contribution in [0.1, 0.15) is 112 Å². The van der Waals surface area contributed by atoms with E-state index in [-0.39, 0.29) is 17.6 Å². The van der Waals surface area contributed by atoms with Crippen LogP contribution >= 0.6 is 0 Å². The van der Waals surface area contributed by atoms with Crippen molar-refractivity contribution in [2.75, 3.05) is 0 Å². The number of hydrogen-bond acceptors (Lipinski definition) is 3. The molecule has 206 valence electrons. The predicted molar refractivity (Wildman–Crippen MR) is 150 cm³/mol. The highest BCUT2D eigenvalue weighted by Crippen LogP contribution is 2.67. The molecule has 1 heterocycles. The summed E-state index contributed by atoms with van der Waals surface area (Å²) in [4.78, 5) is 16.5. The highest BCUT2D eigenvalue weighted by Gasteiger charge is 2.59. The maximum Gasteiger partial charge on any atom is 0.419 e. The van der Waals surface area contributed by atoms with Crippen molar-refractivity contribution in [3.63, 3.8) is 0 Å². The first kappa shape index (κ1) is 27.0. The van der Waals surface area contributed by atoms with Crippen LogP contribution in [0.25, 0.3) is 0 Å². The highest BCUT2D eigenvalue weighted by atomic mass is 16.6. The molecule has 1 aromatic heterocycles. The molecule has 0 aliphatic heterocycles. The normalized spacial score (nSPS) is 38.8. The number of aromatic nitrogens is 2. The van der Waals surface area contributed by atoms with E-state index in [1.165, 1.54) is 62.3 Å². The Labute approximate surface area is 226 Å². The maximum atomic E-state index is 12.5. The second-order valence-electron chi connectivity index (χ2n) is 14.2. The van der Waals surface area contributed by atoms with Gasteiger partial charge in [0.25, 0.3) is 0 Å². The van der Waals surface area contributed by atoms with Gasteiger partial charge in [0.2, 0.25) is 0 Å². The lowest BCUT2D eigenvalue weighted by atomic mass is 9.47. The molecule has 0 N–H and O–H groups in total. The Balaban J connectivity index is 1.25.